The van der Waals surface area contributed by atoms with Gasteiger partial charge in [-0.1, -0.05) is 0 Å². The minimum atomic E-state index is -0.304. The highest BCUT2D eigenvalue weighted by molar-refractivity contribution is 7.11. The number of nitrogens with one attached hydrogen (secondary N) is 1. The van der Waals surface area contributed by atoms with Gasteiger partial charge in [0.2, 0.25) is 5.82 Å². The first-order chi connectivity index (χ1) is 12.7. The Hall–Kier alpha value is -2.67. The maximum Gasteiger partial charge on any atom is 0.293 e. The minimum Gasteiger partial charge on any atom is -0.497 e. The van der Waals surface area contributed by atoms with Crippen molar-refractivity contribution in [1.82, 2.24) is 9.97 Å². The summed E-state index contributed by atoms with van der Waals surface area (Å²) in [6.45, 7) is 4.02. The Morgan fingerprint density at radius 1 is 1.19 bits per heavy atom. The molecule has 3 heterocycles. The van der Waals surface area contributed by atoms with Crippen LogP contribution in [0.15, 0.2) is 29.6 Å². The van der Waals surface area contributed by atoms with E-state index in [2.05, 4.69) is 27.1 Å². The predicted octanol–water partition coefficient (Wildman–Crippen LogP) is 3.86. The van der Waals surface area contributed by atoms with Gasteiger partial charge in [-0.3, -0.25) is 4.79 Å². The van der Waals surface area contributed by atoms with E-state index >= 15 is 0 Å². The molecule has 1 aromatic carbocycles. The first-order valence-corrected chi connectivity index (χ1v) is 9.50. The van der Waals surface area contributed by atoms with Gasteiger partial charge in [0, 0.05) is 29.0 Å². The summed E-state index contributed by atoms with van der Waals surface area (Å²) in [5.74, 6) is 1.52. The normalized spacial score (nSPS) is 14.0. The molecule has 7 heteroatoms. The Balaban J connectivity index is 1.67. The van der Waals surface area contributed by atoms with Gasteiger partial charge in [0.1, 0.15) is 11.6 Å². The first kappa shape index (κ1) is 16.8. The second-order valence-electron chi connectivity index (χ2n) is 6.30. The van der Waals surface area contributed by atoms with E-state index in [9.17, 15) is 4.79 Å². The Labute approximate surface area is 155 Å². The Bertz CT molecular complexity index is 946. The monoisotopic (exact) mass is 368 g/mol. The molecule has 6 nitrogen and oxygen atoms in total. The van der Waals surface area contributed by atoms with Gasteiger partial charge in [-0.25, -0.2) is 9.97 Å². The van der Waals surface area contributed by atoms with E-state index < -0.39 is 0 Å². The number of ether oxygens (including phenoxy) is 1. The van der Waals surface area contributed by atoms with Gasteiger partial charge >= 0.3 is 0 Å². The number of fused-ring (bicyclic) bond motifs is 1. The van der Waals surface area contributed by atoms with Gasteiger partial charge in [0.15, 0.2) is 0 Å². The fourth-order valence-corrected chi connectivity index (χ4v) is 3.99. The Morgan fingerprint density at radius 3 is 2.62 bits per heavy atom. The van der Waals surface area contributed by atoms with Crippen LogP contribution in [-0.4, -0.2) is 36.1 Å². The molecule has 1 aliphatic heterocycles. The summed E-state index contributed by atoms with van der Waals surface area (Å²) in [6, 6.07) is 7.20. The molecule has 0 saturated carbocycles. The van der Waals surface area contributed by atoms with Gasteiger partial charge < -0.3 is 15.0 Å². The fourth-order valence-electron chi connectivity index (χ4n) is 3.21. The maximum atomic E-state index is 12.7. The van der Waals surface area contributed by atoms with Gasteiger partial charge in [0.05, 0.1) is 18.0 Å². The highest BCUT2D eigenvalue weighted by Gasteiger charge is 2.22. The lowest BCUT2D eigenvalue weighted by atomic mass is 10.2. The number of carbonyl (C=O) groups excluding carboxylic acids is 1. The van der Waals surface area contributed by atoms with Crippen LogP contribution in [0.1, 0.15) is 28.3 Å². The third-order valence-corrected chi connectivity index (χ3v) is 5.47. The van der Waals surface area contributed by atoms with Gasteiger partial charge in [-0.05, 0) is 44.0 Å². The molecule has 4 rings (SSSR count). The van der Waals surface area contributed by atoms with Crippen molar-refractivity contribution in [1.29, 1.82) is 0 Å². The average Bonchev–Trinajstić information content (AvgIpc) is 3.32. The van der Waals surface area contributed by atoms with Crippen molar-refractivity contribution in [3.8, 4) is 5.75 Å². The van der Waals surface area contributed by atoms with Crippen molar-refractivity contribution < 1.29 is 9.53 Å². The number of methoxy groups -OCH3 is 1. The Morgan fingerprint density at radius 2 is 1.92 bits per heavy atom. The standard InChI is InChI=1S/C19H20N4O2S/c1-12-16-15(11-26-12)21-17(22-18(16)23-9-3-4-10-23)19(24)20-13-5-7-14(25-2)8-6-13/h5-8,11H,3-4,9-10H2,1-2H3,(H,20,24). The van der Waals surface area contributed by atoms with Gasteiger partial charge in [0.25, 0.3) is 5.91 Å². The smallest absolute Gasteiger partial charge is 0.293 e. The molecular formula is C19H20N4O2S. The number of nitrogens with zero attached hydrogens (tertiary/aromatic N) is 3. The number of hydrogen-bond donors (Lipinski definition) is 1. The zero-order chi connectivity index (χ0) is 18.1. The first-order valence-electron chi connectivity index (χ1n) is 8.62. The summed E-state index contributed by atoms with van der Waals surface area (Å²) in [4.78, 5) is 25.3. The van der Waals surface area contributed by atoms with Crippen LogP contribution in [0, 0.1) is 6.92 Å². The zero-order valence-corrected chi connectivity index (χ0v) is 15.6. The highest BCUT2D eigenvalue weighted by atomic mass is 32.1. The molecule has 1 amide bonds. The molecule has 1 aliphatic rings. The molecule has 0 atom stereocenters. The van der Waals surface area contributed by atoms with Crippen molar-refractivity contribution in [2.24, 2.45) is 0 Å². The molecular weight excluding hydrogens is 348 g/mol. The summed E-state index contributed by atoms with van der Waals surface area (Å²) in [5, 5.41) is 5.93. The lowest BCUT2D eigenvalue weighted by molar-refractivity contribution is 0.101. The number of anilines is 2. The van der Waals surface area contributed by atoms with Crippen LogP contribution in [0.4, 0.5) is 11.5 Å². The number of amides is 1. The van der Waals surface area contributed by atoms with E-state index in [4.69, 9.17) is 4.74 Å². The largest absolute Gasteiger partial charge is 0.497 e. The van der Waals surface area contributed by atoms with Crippen molar-refractivity contribution >= 4 is 39.7 Å². The molecule has 1 N–H and O–H groups in total. The molecule has 0 aliphatic carbocycles. The van der Waals surface area contributed by atoms with Crippen LogP contribution < -0.4 is 15.0 Å². The minimum absolute atomic E-state index is 0.202. The topological polar surface area (TPSA) is 67.3 Å². The fraction of sp³-hybridized carbons (Fsp3) is 0.316. The molecule has 1 fully saturated rings. The quantitative estimate of drug-likeness (QED) is 0.757. The number of carbonyl (C=O) groups is 1. The van der Waals surface area contributed by atoms with E-state index in [1.54, 1.807) is 42.7 Å². The number of aromatic nitrogens is 2. The highest BCUT2D eigenvalue weighted by Crippen LogP contribution is 2.33. The molecule has 0 spiro atoms. The summed E-state index contributed by atoms with van der Waals surface area (Å²) >= 11 is 1.64. The van der Waals surface area contributed by atoms with Gasteiger partial charge in [-0.2, -0.15) is 0 Å². The summed E-state index contributed by atoms with van der Waals surface area (Å²) < 4.78 is 5.14. The van der Waals surface area contributed by atoms with E-state index in [-0.39, 0.29) is 11.7 Å². The molecule has 2 aromatic heterocycles. The SMILES string of the molecule is COc1ccc(NC(=O)c2nc(N3CCCC3)c3c(C)scc3n2)cc1. The third kappa shape index (κ3) is 3.10. The van der Waals surface area contributed by atoms with E-state index in [1.807, 2.05) is 5.38 Å². The average molecular weight is 368 g/mol. The lowest BCUT2D eigenvalue weighted by Crippen LogP contribution is -2.23. The molecule has 0 unspecified atom stereocenters. The summed E-state index contributed by atoms with van der Waals surface area (Å²) in [5.41, 5.74) is 1.52. The van der Waals surface area contributed by atoms with Crippen LogP contribution >= 0.6 is 11.3 Å². The summed E-state index contributed by atoms with van der Waals surface area (Å²) in [7, 11) is 1.61. The van der Waals surface area contributed by atoms with Crippen LogP contribution in [0.25, 0.3) is 10.9 Å². The lowest BCUT2D eigenvalue weighted by Gasteiger charge is -2.18. The maximum absolute atomic E-state index is 12.7. The van der Waals surface area contributed by atoms with Crippen molar-refractivity contribution in [2.45, 2.75) is 19.8 Å². The molecule has 0 radical (unpaired) electrons. The van der Waals surface area contributed by atoms with Crippen molar-refractivity contribution in [3.63, 3.8) is 0 Å². The third-order valence-electron chi connectivity index (χ3n) is 4.57. The number of benzene rings is 1. The van der Waals surface area contributed by atoms with Crippen molar-refractivity contribution in [2.75, 3.05) is 30.4 Å². The number of thiophene rings is 1. The second kappa shape index (κ2) is 6.92. The molecule has 3 aromatic rings. The van der Waals surface area contributed by atoms with E-state index in [0.717, 1.165) is 48.4 Å². The molecule has 0 bridgehead atoms. The molecule has 26 heavy (non-hydrogen) atoms. The van der Waals surface area contributed by atoms with E-state index in [0.29, 0.717) is 5.69 Å². The van der Waals surface area contributed by atoms with Crippen LogP contribution in [0.5, 0.6) is 5.75 Å². The second-order valence-corrected chi connectivity index (χ2v) is 7.38. The number of rotatable bonds is 4. The Kier molecular flexibility index (Phi) is 4.46. The number of hydrogen-bond acceptors (Lipinski definition) is 6. The number of aryl methyl sites for hydroxylation is 1. The molecule has 1 saturated heterocycles. The predicted molar refractivity (Wildman–Crippen MR) is 105 cm³/mol. The van der Waals surface area contributed by atoms with Crippen LogP contribution in [-0.2, 0) is 0 Å². The van der Waals surface area contributed by atoms with Gasteiger partial charge in [-0.15, -0.1) is 11.3 Å². The van der Waals surface area contributed by atoms with E-state index in [1.165, 1.54) is 4.88 Å². The van der Waals surface area contributed by atoms with Crippen molar-refractivity contribution in [3.05, 3.63) is 40.3 Å². The molecule has 134 valence electrons. The van der Waals surface area contributed by atoms with Crippen LogP contribution in [0.2, 0.25) is 0 Å². The zero-order valence-electron chi connectivity index (χ0n) is 14.8. The van der Waals surface area contributed by atoms with Crippen LogP contribution in [0.3, 0.4) is 0 Å². The summed E-state index contributed by atoms with van der Waals surface area (Å²) in [6.07, 6.45) is 2.31.